The van der Waals surface area contributed by atoms with Gasteiger partial charge in [0.2, 0.25) is 0 Å². The van der Waals surface area contributed by atoms with Gasteiger partial charge in [0, 0.05) is 47.6 Å². The number of phenols is 1. The van der Waals surface area contributed by atoms with Crippen molar-refractivity contribution in [2.75, 3.05) is 6.54 Å². The zero-order valence-electron chi connectivity index (χ0n) is 25.6. The summed E-state index contributed by atoms with van der Waals surface area (Å²) < 4.78 is 0. The summed E-state index contributed by atoms with van der Waals surface area (Å²) in [5.74, 6) is 10.9. The molecule has 0 aliphatic rings. The van der Waals surface area contributed by atoms with E-state index in [0.29, 0.717) is 41.7 Å². The van der Waals surface area contributed by atoms with Gasteiger partial charge in [-0.1, -0.05) is 62.1 Å². The van der Waals surface area contributed by atoms with Crippen LogP contribution in [0.3, 0.4) is 0 Å². The summed E-state index contributed by atoms with van der Waals surface area (Å²) in [5, 5.41) is 20.3. The molecule has 2 aromatic heterocycles. The number of benzene rings is 3. The number of phenolic OH excluding ortho intramolecular Hbond substituents is 1. The first-order chi connectivity index (χ1) is 22.2. The third kappa shape index (κ3) is 7.93. The smallest absolute Gasteiger partial charge is 0.321 e. The first kappa shape index (κ1) is 31.9. The molecular weight excluding hydrogens is 578 g/mol. The van der Waals surface area contributed by atoms with Gasteiger partial charge in [-0.2, -0.15) is 0 Å². The van der Waals surface area contributed by atoms with Crippen molar-refractivity contribution < 1.29 is 19.8 Å². The van der Waals surface area contributed by atoms with Gasteiger partial charge in [0.1, 0.15) is 11.8 Å². The second-order valence-electron chi connectivity index (χ2n) is 11.5. The first-order valence-electron chi connectivity index (χ1n) is 14.9. The minimum absolute atomic E-state index is 0.153. The Balaban J connectivity index is 1.30. The maximum absolute atomic E-state index is 12.4. The molecule has 3 aromatic carbocycles. The van der Waals surface area contributed by atoms with E-state index in [1.54, 1.807) is 48.8 Å². The highest BCUT2D eigenvalue weighted by Crippen LogP contribution is 2.25. The van der Waals surface area contributed by atoms with Crippen LogP contribution in [0, 0.1) is 17.8 Å². The lowest BCUT2D eigenvalue weighted by molar-refractivity contribution is -0.143. The van der Waals surface area contributed by atoms with Crippen LogP contribution in [-0.2, 0) is 17.8 Å². The lowest BCUT2D eigenvalue weighted by Gasteiger charge is -2.30. The summed E-state index contributed by atoms with van der Waals surface area (Å²) in [6.07, 6.45) is 3.56. The number of rotatable bonds is 10. The van der Waals surface area contributed by atoms with Gasteiger partial charge in [-0.15, -0.1) is 0 Å². The van der Waals surface area contributed by atoms with Gasteiger partial charge in [0.25, 0.3) is 5.91 Å². The average molecular weight is 614 g/mol. The predicted octanol–water partition coefficient (Wildman–Crippen LogP) is 5.16. The summed E-state index contributed by atoms with van der Waals surface area (Å²) in [6.45, 7) is 5.26. The number of carbonyl (C=O) groups excluding carboxylic acids is 1. The van der Waals surface area contributed by atoms with Gasteiger partial charge in [-0.05, 0) is 72.0 Å². The molecule has 5 aromatic rings. The lowest BCUT2D eigenvalue weighted by Crippen LogP contribution is -2.44. The topological polar surface area (TPSA) is 142 Å². The summed E-state index contributed by atoms with van der Waals surface area (Å²) in [6, 6.07) is 24.9. The fourth-order valence-electron chi connectivity index (χ4n) is 5.28. The van der Waals surface area contributed by atoms with E-state index in [2.05, 4.69) is 36.1 Å². The molecule has 0 aliphatic carbocycles. The number of hydrogen-bond acceptors (Lipinski definition) is 7. The minimum Gasteiger partial charge on any atom is -0.508 e. The number of nitrogens with two attached hydrogens (primary N) is 1. The van der Waals surface area contributed by atoms with Crippen molar-refractivity contribution >= 4 is 22.8 Å². The molecule has 0 saturated heterocycles. The average Bonchev–Trinajstić information content (AvgIpc) is 3.06. The Labute approximate surface area is 267 Å². The number of amides is 1. The molecule has 0 aliphatic heterocycles. The number of carboxylic acids is 1. The van der Waals surface area contributed by atoms with E-state index >= 15 is 0 Å². The maximum atomic E-state index is 12.4. The number of hydrogen-bond donors (Lipinski definition) is 4. The molecule has 0 bridgehead atoms. The predicted molar refractivity (Wildman–Crippen MR) is 178 cm³/mol. The second kappa shape index (κ2) is 14.5. The molecule has 5 rings (SSSR count). The van der Waals surface area contributed by atoms with Crippen molar-refractivity contribution in [3.05, 3.63) is 125 Å². The molecule has 0 saturated carbocycles. The van der Waals surface area contributed by atoms with Crippen molar-refractivity contribution in [2.45, 2.75) is 32.9 Å². The maximum Gasteiger partial charge on any atom is 0.321 e. The van der Waals surface area contributed by atoms with Crippen LogP contribution in [0.25, 0.3) is 22.2 Å². The molecule has 0 radical (unpaired) electrons. The number of aliphatic carboxylic acids is 1. The molecule has 0 spiro atoms. The van der Waals surface area contributed by atoms with E-state index in [9.17, 15) is 19.8 Å². The van der Waals surface area contributed by atoms with Crippen LogP contribution in [0.15, 0.2) is 97.3 Å². The Morgan fingerprint density at radius 3 is 2.15 bits per heavy atom. The Kier molecular flexibility index (Phi) is 10.0. The number of aromatic nitrogens is 2. The first-order valence-corrected chi connectivity index (χ1v) is 14.9. The van der Waals surface area contributed by atoms with Gasteiger partial charge in [0.05, 0.1) is 16.8 Å². The van der Waals surface area contributed by atoms with Crippen LogP contribution in [0.4, 0.5) is 0 Å². The molecule has 9 heteroatoms. The third-order valence-electron chi connectivity index (χ3n) is 7.55. The molecule has 1 unspecified atom stereocenters. The van der Waals surface area contributed by atoms with Crippen LogP contribution in [0.5, 0.6) is 5.75 Å². The second-order valence-corrected chi connectivity index (χ2v) is 11.5. The molecule has 0 fully saturated rings. The number of hydrazine groups is 1. The number of nitrogens with one attached hydrogen (secondary N) is 1. The summed E-state index contributed by atoms with van der Waals surface area (Å²) >= 11 is 0. The van der Waals surface area contributed by atoms with E-state index in [0.717, 1.165) is 27.8 Å². The van der Waals surface area contributed by atoms with Crippen LogP contribution in [-0.4, -0.2) is 49.5 Å². The van der Waals surface area contributed by atoms with Crippen LogP contribution >= 0.6 is 0 Å². The molecular formula is C37H35N5O4. The highest BCUT2D eigenvalue weighted by Gasteiger charge is 2.26. The summed E-state index contributed by atoms with van der Waals surface area (Å²) in [4.78, 5) is 35.5. The Hall–Kier alpha value is -5.56. The Bertz CT molecular complexity index is 1890. The molecule has 1 amide bonds. The van der Waals surface area contributed by atoms with E-state index < -0.39 is 17.9 Å². The van der Waals surface area contributed by atoms with Crippen molar-refractivity contribution in [3.8, 4) is 28.8 Å². The largest absolute Gasteiger partial charge is 0.508 e. The van der Waals surface area contributed by atoms with E-state index in [1.165, 1.54) is 0 Å². The number of nitrogen functional groups attached to an aromatic ring is 1. The molecule has 5 N–H and O–H groups in total. The van der Waals surface area contributed by atoms with Gasteiger partial charge in [-0.3, -0.25) is 24.9 Å². The van der Waals surface area contributed by atoms with E-state index in [-0.39, 0.29) is 11.7 Å². The SMILES string of the molecule is CC(C)CN(Cc1ccc(C#Cc2ccc(-c3cc(C(=O)NN)c4cnccc4n3)cc2)cc1)C(Cc1ccc(O)cc1)C(=O)O. The molecule has 46 heavy (non-hydrogen) atoms. The molecule has 2 heterocycles. The zero-order valence-corrected chi connectivity index (χ0v) is 25.6. The quantitative estimate of drug-likeness (QED) is 0.0733. The minimum atomic E-state index is -0.877. The number of carboxylic acid groups (broad SMARTS) is 1. The monoisotopic (exact) mass is 613 g/mol. The normalized spacial score (nSPS) is 11.7. The Morgan fingerprint density at radius 2 is 1.54 bits per heavy atom. The van der Waals surface area contributed by atoms with Crippen LogP contribution in [0.2, 0.25) is 0 Å². The molecule has 1 atom stereocenters. The molecule has 232 valence electrons. The van der Waals surface area contributed by atoms with Gasteiger partial charge in [-0.25, -0.2) is 10.8 Å². The van der Waals surface area contributed by atoms with E-state index in [4.69, 9.17) is 10.8 Å². The number of pyridine rings is 2. The summed E-state index contributed by atoms with van der Waals surface area (Å²) in [7, 11) is 0. The lowest BCUT2D eigenvalue weighted by atomic mass is 10.0. The standard InChI is InChI=1S/C37H35N5O4/c1-24(2)22-42(35(37(45)46)19-27-11-15-30(43)16-12-27)23-28-7-5-25(6-8-28)3-4-26-9-13-29(14-10-26)34-20-31(36(44)41-38)32-21-39-18-17-33(32)40-34/h5-18,20-21,24,35,43H,19,22-23,38H2,1-2H3,(H,41,44)(H,45,46). The highest BCUT2D eigenvalue weighted by molar-refractivity contribution is 6.06. The fourth-order valence-corrected chi connectivity index (χ4v) is 5.28. The van der Waals surface area contributed by atoms with Crippen molar-refractivity contribution in [1.82, 2.24) is 20.3 Å². The van der Waals surface area contributed by atoms with Crippen LogP contribution < -0.4 is 11.3 Å². The Morgan fingerprint density at radius 1 is 0.913 bits per heavy atom. The van der Waals surface area contributed by atoms with Crippen molar-refractivity contribution in [1.29, 1.82) is 0 Å². The highest BCUT2D eigenvalue weighted by atomic mass is 16.4. The number of fused-ring (bicyclic) bond motifs is 1. The van der Waals surface area contributed by atoms with Gasteiger partial charge in [0.15, 0.2) is 0 Å². The van der Waals surface area contributed by atoms with E-state index in [1.807, 2.05) is 53.4 Å². The summed E-state index contributed by atoms with van der Waals surface area (Å²) in [5.41, 5.74) is 8.19. The van der Waals surface area contributed by atoms with Crippen molar-refractivity contribution in [2.24, 2.45) is 11.8 Å². The number of carbonyl (C=O) groups is 2. The van der Waals surface area contributed by atoms with Gasteiger partial charge >= 0.3 is 5.97 Å². The fraction of sp³-hybridized carbons (Fsp3) is 0.189. The third-order valence-corrected chi connectivity index (χ3v) is 7.55. The number of aromatic hydroxyl groups is 1. The zero-order chi connectivity index (χ0) is 32.6. The van der Waals surface area contributed by atoms with Crippen molar-refractivity contribution in [3.63, 3.8) is 0 Å². The number of nitrogens with zero attached hydrogens (tertiary/aromatic N) is 3. The molecule has 9 nitrogen and oxygen atoms in total. The van der Waals surface area contributed by atoms with Crippen LogP contribution in [0.1, 0.15) is 46.5 Å². The van der Waals surface area contributed by atoms with Gasteiger partial charge < -0.3 is 10.2 Å².